The number of thiazole rings is 1. The molecule has 0 unspecified atom stereocenters. The zero-order valence-corrected chi connectivity index (χ0v) is 25.2. The average molecular weight is 539 g/mol. The molecule has 0 saturated carbocycles. The Labute approximate surface area is 233 Å². The normalized spacial score (nSPS) is 17.6. The van der Waals surface area contributed by atoms with E-state index >= 15 is 0 Å². The molecule has 37 heavy (non-hydrogen) atoms. The molecule has 1 aromatic heterocycles. The first-order valence-electron chi connectivity index (χ1n) is 16.1. The van der Waals surface area contributed by atoms with Gasteiger partial charge in [0.1, 0.15) is 12.6 Å². The Hall–Kier alpha value is -0.490. The van der Waals surface area contributed by atoms with E-state index in [0.29, 0.717) is 13.2 Å². The van der Waals surface area contributed by atoms with Crippen molar-refractivity contribution in [3.63, 3.8) is 0 Å². The summed E-state index contributed by atoms with van der Waals surface area (Å²) in [5.74, 6) is 0. The Morgan fingerprint density at radius 1 is 0.730 bits per heavy atom. The average Bonchev–Trinajstić information content (AvgIpc) is 3.60. The summed E-state index contributed by atoms with van der Waals surface area (Å²) in [7, 11) is 0. The molecule has 0 bridgehead atoms. The largest absolute Gasteiger partial charge is 0.379 e. The Morgan fingerprint density at radius 2 is 1.30 bits per heavy atom. The molecule has 1 aliphatic rings. The predicted octanol–water partition coefficient (Wildman–Crippen LogP) is 9.40. The summed E-state index contributed by atoms with van der Waals surface area (Å²) in [6.45, 7) is 5.70. The number of aromatic nitrogens is 1. The monoisotopic (exact) mass is 538 g/mol. The summed E-state index contributed by atoms with van der Waals surface area (Å²) in [5, 5.41) is 2.14. The molecule has 4 nitrogen and oxygen atoms in total. The van der Waals surface area contributed by atoms with Crippen molar-refractivity contribution in [3.05, 3.63) is 17.1 Å². The molecule has 0 spiro atoms. The van der Waals surface area contributed by atoms with E-state index < -0.39 is 0 Å². The Kier molecular flexibility index (Phi) is 21.7. The molecule has 216 valence electrons. The zero-order valence-electron chi connectivity index (χ0n) is 24.4. The highest BCUT2D eigenvalue weighted by molar-refractivity contribution is 7.07. The molecule has 2 atom stereocenters. The van der Waals surface area contributed by atoms with Gasteiger partial charge in [-0.2, -0.15) is 4.57 Å². The molecular formula is C32H60NO3S+. The Balaban J connectivity index is 1.24. The highest BCUT2D eigenvalue weighted by Gasteiger charge is 2.25. The third-order valence-corrected chi connectivity index (χ3v) is 8.31. The van der Waals surface area contributed by atoms with Crippen LogP contribution in [0.2, 0.25) is 0 Å². The molecule has 1 fully saturated rings. The fourth-order valence-corrected chi connectivity index (χ4v) is 5.87. The summed E-state index contributed by atoms with van der Waals surface area (Å²) >= 11 is 1.77. The van der Waals surface area contributed by atoms with Crippen LogP contribution >= 0.6 is 11.3 Å². The maximum atomic E-state index is 6.03. The van der Waals surface area contributed by atoms with Gasteiger partial charge in [-0.05, 0) is 25.7 Å². The van der Waals surface area contributed by atoms with Gasteiger partial charge in [0, 0.05) is 13.0 Å². The Bertz CT molecular complexity index is 583. The van der Waals surface area contributed by atoms with Crippen LogP contribution < -0.4 is 4.57 Å². The SMILES string of the molecule is CCCCCCCCCCCCCCCCC[C@@H]1OC[C@@H](COCCCCCCCC[n+]2ccsc2)O1. The van der Waals surface area contributed by atoms with Crippen LogP contribution in [0.3, 0.4) is 0 Å². The van der Waals surface area contributed by atoms with Crippen molar-refractivity contribution < 1.29 is 18.8 Å². The van der Waals surface area contributed by atoms with Crippen LogP contribution in [0.4, 0.5) is 0 Å². The number of nitrogens with zero attached hydrogens (tertiary/aromatic N) is 1. The van der Waals surface area contributed by atoms with Crippen molar-refractivity contribution in [2.24, 2.45) is 0 Å². The van der Waals surface area contributed by atoms with E-state index in [2.05, 4.69) is 28.6 Å². The minimum atomic E-state index is 0.00261. The number of rotatable bonds is 27. The fraction of sp³-hybridized carbons (Fsp3) is 0.906. The summed E-state index contributed by atoms with van der Waals surface area (Å²) in [6.07, 6.45) is 32.2. The van der Waals surface area contributed by atoms with Gasteiger partial charge in [0.2, 0.25) is 5.51 Å². The van der Waals surface area contributed by atoms with Gasteiger partial charge in [-0.1, -0.05) is 127 Å². The zero-order chi connectivity index (χ0) is 26.1. The van der Waals surface area contributed by atoms with Gasteiger partial charge >= 0.3 is 0 Å². The second kappa shape index (κ2) is 24.5. The minimum Gasteiger partial charge on any atom is -0.379 e. The van der Waals surface area contributed by atoms with Gasteiger partial charge in [0.05, 0.1) is 18.6 Å². The summed E-state index contributed by atoms with van der Waals surface area (Å²) in [6, 6.07) is 0. The third kappa shape index (κ3) is 19.3. The maximum absolute atomic E-state index is 6.03. The molecule has 1 saturated heterocycles. The highest BCUT2D eigenvalue weighted by Crippen LogP contribution is 2.19. The number of aryl methyl sites for hydroxylation is 1. The number of hydrogen-bond acceptors (Lipinski definition) is 4. The lowest BCUT2D eigenvalue weighted by molar-refractivity contribution is -0.692. The molecule has 0 N–H and O–H groups in total. The van der Waals surface area contributed by atoms with E-state index in [0.717, 1.165) is 26.0 Å². The first-order valence-corrected chi connectivity index (χ1v) is 17.1. The smallest absolute Gasteiger partial charge is 0.224 e. The molecule has 1 aliphatic heterocycles. The Morgan fingerprint density at radius 3 is 1.89 bits per heavy atom. The molecule has 2 rings (SSSR count). The topological polar surface area (TPSA) is 31.6 Å². The van der Waals surface area contributed by atoms with E-state index in [1.807, 2.05) is 0 Å². The lowest BCUT2D eigenvalue weighted by atomic mass is 10.0. The molecule has 0 amide bonds. The van der Waals surface area contributed by atoms with Crippen LogP contribution in [0.1, 0.15) is 148 Å². The maximum Gasteiger partial charge on any atom is 0.224 e. The quantitative estimate of drug-likeness (QED) is 0.0826. The van der Waals surface area contributed by atoms with Gasteiger partial charge in [0.25, 0.3) is 0 Å². The first kappa shape index (κ1) is 32.7. The van der Waals surface area contributed by atoms with Gasteiger partial charge in [0.15, 0.2) is 12.5 Å². The van der Waals surface area contributed by atoms with E-state index in [1.54, 1.807) is 11.3 Å². The van der Waals surface area contributed by atoms with Crippen molar-refractivity contribution >= 4 is 11.3 Å². The number of unbranched alkanes of at least 4 members (excludes halogenated alkanes) is 19. The van der Waals surface area contributed by atoms with Crippen LogP contribution in [0.25, 0.3) is 0 Å². The minimum absolute atomic E-state index is 0.00261. The molecule has 0 radical (unpaired) electrons. The summed E-state index contributed by atoms with van der Waals surface area (Å²) in [5.41, 5.74) is 2.19. The molecule has 0 aliphatic carbocycles. The molecule has 0 aromatic carbocycles. The van der Waals surface area contributed by atoms with Crippen molar-refractivity contribution in [1.82, 2.24) is 0 Å². The van der Waals surface area contributed by atoms with Gasteiger partial charge in [-0.15, -0.1) is 0 Å². The molecule has 1 aromatic rings. The molecule has 5 heteroatoms. The second-order valence-corrected chi connectivity index (χ2v) is 12.0. The summed E-state index contributed by atoms with van der Waals surface area (Å²) in [4.78, 5) is 0. The van der Waals surface area contributed by atoms with E-state index in [-0.39, 0.29) is 12.4 Å². The van der Waals surface area contributed by atoms with Crippen molar-refractivity contribution in [2.45, 2.75) is 167 Å². The fourth-order valence-electron chi connectivity index (χ4n) is 5.24. The predicted molar refractivity (Wildman–Crippen MR) is 157 cm³/mol. The van der Waals surface area contributed by atoms with Crippen molar-refractivity contribution in [2.75, 3.05) is 19.8 Å². The van der Waals surface area contributed by atoms with Crippen LogP contribution in [-0.2, 0) is 20.8 Å². The third-order valence-electron chi connectivity index (χ3n) is 7.64. The standard InChI is InChI=1S/C32H60NO3S/c1-2-3-4-5-6-7-8-9-10-11-12-13-14-17-20-23-32-35-29-31(36-32)28-34-26-22-19-16-15-18-21-24-33-25-27-37-30-33/h25,27,30-32H,2-24,26,28-29H2,1H3/q+1/t31-,32-/m1/s1. The van der Waals surface area contributed by atoms with E-state index in [9.17, 15) is 0 Å². The van der Waals surface area contributed by atoms with Crippen molar-refractivity contribution in [3.8, 4) is 0 Å². The lowest BCUT2D eigenvalue weighted by Gasteiger charge is -2.12. The van der Waals surface area contributed by atoms with Crippen molar-refractivity contribution in [1.29, 1.82) is 0 Å². The summed E-state index contributed by atoms with van der Waals surface area (Å²) < 4.78 is 20.0. The lowest BCUT2D eigenvalue weighted by Crippen LogP contribution is -2.29. The number of ether oxygens (including phenoxy) is 3. The van der Waals surface area contributed by atoms with Crippen LogP contribution in [-0.4, -0.2) is 32.2 Å². The molecule has 2 heterocycles. The number of hydrogen-bond donors (Lipinski definition) is 0. The van der Waals surface area contributed by atoms with Crippen LogP contribution in [0.5, 0.6) is 0 Å². The highest BCUT2D eigenvalue weighted by atomic mass is 32.1. The van der Waals surface area contributed by atoms with E-state index in [1.165, 1.54) is 128 Å². The van der Waals surface area contributed by atoms with Gasteiger partial charge in [-0.3, -0.25) is 0 Å². The van der Waals surface area contributed by atoms with E-state index in [4.69, 9.17) is 14.2 Å². The molecular weight excluding hydrogens is 478 g/mol. The van der Waals surface area contributed by atoms with Gasteiger partial charge in [-0.25, -0.2) is 0 Å². The first-order chi connectivity index (χ1) is 18.4. The van der Waals surface area contributed by atoms with Crippen LogP contribution in [0.15, 0.2) is 17.1 Å². The van der Waals surface area contributed by atoms with Gasteiger partial charge < -0.3 is 14.2 Å². The second-order valence-electron chi connectivity index (χ2n) is 11.2. The van der Waals surface area contributed by atoms with Crippen LogP contribution in [0, 0.1) is 0 Å².